The molecule has 0 amide bonds. The molecule has 16 aromatic rings. The van der Waals surface area contributed by atoms with Gasteiger partial charge in [0.1, 0.15) is 34.6 Å². The summed E-state index contributed by atoms with van der Waals surface area (Å²) < 4.78 is 29.8. The number of aromatic nitrogens is 12. The van der Waals surface area contributed by atoms with Crippen molar-refractivity contribution < 1.29 is 17.7 Å². The fourth-order valence-electron chi connectivity index (χ4n) is 14.0. The van der Waals surface area contributed by atoms with Crippen LogP contribution in [0.3, 0.4) is 0 Å². The topological polar surface area (TPSA) is 285 Å². The van der Waals surface area contributed by atoms with Gasteiger partial charge in [0, 0.05) is 185 Å². The van der Waals surface area contributed by atoms with Crippen LogP contribution in [0.25, 0.3) is 111 Å². The first kappa shape index (κ1) is 69.3. The summed E-state index contributed by atoms with van der Waals surface area (Å²) in [6, 6.07) is 36.2. The zero-order chi connectivity index (χ0) is 73.8. The lowest BCUT2D eigenvalue weighted by Crippen LogP contribution is -2.50. The second-order valence-corrected chi connectivity index (χ2v) is 29.6. The molecule has 16 aromatic heterocycles. The highest BCUT2D eigenvalue weighted by atomic mass is 32.1. The summed E-state index contributed by atoms with van der Waals surface area (Å²) in [5, 5.41) is 13.9. The van der Waals surface area contributed by atoms with E-state index in [1.807, 2.05) is 187 Å². The van der Waals surface area contributed by atoms with Crippen molar-refractivity contribution in [2.45, 2.75) is 51.9 Å². The Kier molecular flexibility index (Phi) is 18.7. The van der Waals surface area contributed by atoms with Crippen LogP contribution in [0.1, 0.15) is 27.7 Å². The zero-order valence-corrected chi connectivity index (χ0v) is 61.7. The van der Waals surface area contributed by atoms with E-state index in [9.17, 15) is 19.2 Å². The van der Waals surface area contributed by atoms with Gasteiger partial charge in [-0.15, -0.1) is 22.7 Å². The minimum atomic E-state index is -0.424. The van der Waals surface area contributed by atoms with Crippen LogP contribution < -0.4 is 52.7 Å². The number of hydrogen-bond donors (Lipinski definition) is 2. The van der Waals surface area contributed by atoms with Crippen molar-refractivity contribution >= 4 is 112 Å². The highest BCUT2D eigenvalue weighted by Gasteiger charge is 2.27. The van der Waals surface area contributed by atoms with Gasteiger partial charge in [-0.2, -0.15) is 19.9 Å². The van der Waals surface area contributed by atoms with Gasteiger partial charge in [0.2, 0.25) is 22.9 Å². The smallest absolute Gasteiger partial charge is 0.347 e. The fourth-order valence-corrected chi connectivity index (χ4v) is 15.4. The molecule has 0 radical (unpaired) electrons. The number of thiazole rings is 2. The third kappa shape index (κ3) is 14.2. The molecular weight excluding hydrogens is 1410 g/mol. The van der Waals surface area contributed by atoms with Crippen LogP contribution in [-0.4, -0.2) is 184 Å². The lowest BCUT2D eigenvalue weighted by atomic mass is 10.1. The monoisotopic (exact) mass is 1480 g/mol. The van der Waals surface area contributed by atoms with E-state index < -0.39 is 22.5 Å². The average molecular weight is 1490 g/mol. The number of imidazole rings is 4. The zero-order valence-electron chi connectivity index (χ0n) is 60.1. The van der Waals surface area contributed by atoms with E-state index in [0.29, 0.717) is 92.1 Å². The van der Waals surface area contributed by atoms with Gasteiger partial charge < -0.3 is 66.5 Å². The number of nitrogens with zero attached hydrogens (tertiary/aromatic N) is 18. The van der Waals surface area contributed by atoms with Crippen molar-refractivity contribution in [3.63, 3.8) is 0 Å². The Bertz CT molecular complexity index is 5790. The second kappa shape index (κ2) is 29.2. The summed E-state index contributed by atoms with van der Waals surface area (Å²) in [4.78, 5) is 102. The first-order valence-corrected chi connectivity index (χ1v) is 37.7. The van der Waals surface area contributed by atoms with E-state index in [1.165, 1.54) is 22.7 Å². The average Bonchev–Trinajstić information content (AvgIpc) is 0.947. The summed E-state index contributed by atoms with van der Waals surface area (Å²) in [5.74, 6) is 3.36. The number of rotatable bonds is 8. The SMILES string of the molecule is C[C@@H]1CN(c2ccc3cc(-c4cn5ccccc5n4)c(=O)oc3n2)CCN1C.C[C@@H]1CN(c2ccc3cc(-c4cn5ccsc5n4)c(=O)oc3n2)CCN1.C[C@H]1CN(c2ccc3cc(-c4cn5ccccc5n4)c(=O)oc3n2)CCN1C.C[C@H]1CN(c2ccc3cc(-c4cn5ccsc5n4)c(=O)oc3n2)CCN1. The largest absolute Gasteiger partial charge is 0.403 e. The maximum Gasteiger partial charge on any atom is 0.347 e. The van der Waals surface area contributed by atoms with Crippen LogP contribution in [0.2, 0.25) is 0 Å². The Hall–Kier alpha value is -11.8. The van der Waals surface area contributed by atoms with Gasteiger partial charge in [0.25, 0.3) is 0 Å². The molecule has 548 valence electrons. The second-order valence-electron chi connectivity index (χ2n) is 27.8. The quantitative estimate of drug-likeness (QED) is 0.143. The van der Waals surface area contributed by atoms with Crippen LogP contribution in [0, 0.1) is 0 Å². The standard InChI is InChI=1S/2C21H21N5O2.2C18H17N5O2S/c2*1-14-12-26(10-9-24(14)2)19-7-6-15-11-16(21(27)28-20(15)23-19)17-13-25-8-4-3-5-18(25)22-17;2*1-11-9-22(5-4-19-11)15-3-2-12-8-13(17(24)25-16(12)21-15)14-10-23-6-7-26-18(23)20-14/h2*3-8,11,13-14H,9-10,12H2,1-2H3;2*2-3,6-8,10-11,19H,4-5,9H2,1H3/t2*14-;2*11-/m1010/s1. The predicted molar refractivity (Wildman–Crippen MR) is 422 cm³/mol. The van der Waals surface area contributed by atoms with E-state index in [-0.39, 0.29) is 0 Å². The maximum atomic E-state index is 12.6. The molecular formula is C78H76N20O8S2. The van der Waals surface area contributed by atoms with E-state index in [0.717, 1.165) is 145 Å². The van der Waals surface area contributed by atoms with Crippen molar-refractivity contribution in [1.82, 2.24) is 77.9 Å². The van der Waals surface area contributed by atoms with Crippen molar-refractivity contribution in [2.24, 2.45) is 0 Å². The molecule has 20 heterocycles. The summed E-state index contributed by atoms with van der Waals surface area (Å²) in [6.07, 6.45) is 15.0. The van der Waals surface area contributed by atoms with Gasteiger partial charge in [-0.3, -0.25) is 8.80 Å². The van der Waals surface area contributed by atoms with Crippen molar-refractivity contribution in [1.29, 1.82) is 0 Å². The molecule has 0 unspecified atom stereocenters. The molecule has 4 fully saturated rings. The Balaban J connectivity index is 0.000000106. The van der Waals surface area contributed by atoms with Crippen LogP contribution in [-0.2, 0) is 0 Å². The van der Waals surface area contributed by atoms with Crippen molar-refractivity contribution in [3.8, 4) is 45.0 Å². The molecule has 30 heteroatoms. The number of fused-ring (bicyclic) bond motifs is 8. The maximum absolute atomic E-state index is 12.6. The molecule has 108 heavy (non-hydrogen) atoms. The van der Waals surface area contributed by atoms with Crippen LogP contribution in [0.15, 0.2) is 206 Å². The number of nitrogens with one attached hydrogen (secondary N) is 2. The highest BCUT2D eigenvalue weighted by molar-refractivity contribution is 7.15. The fraction of sp³-hybridized carbons (Fsp3) is 0.282. The van der Waals surface area contributed by atoms with Gasteiger partial charge in [-0.1, -0.05) is 12.1 Å². The summed E-state index contributed by atoms with van der Waals surface area (Å²) in [5.41, 5.74) is 5.58. The van der Waals surface area contributed by atoms with Crippen molar-refractivity contribution in [3.05, 3.63) is 211 Å². The Morgan fingerprint density at radius 2 is 0.704 bits per heavy atom. The minimum absolute atomic E-state index is 0.363. The van der Waals surface area contributed by atoms with Gasteiger partial charge >= 0.3 is 22.5 Å². The first-order valence-electron chi connectivity index (χ1n) is 35.9. The lowest BCUT2D eigenvalue weighted by Gasteiger charge is -2.38. The Labute approximate surface area is 624 Å². The third-order valence-electron chi connectivity index (χ3n) is 20.3. The van der Waals surface area contributed by atoms with E-state index in [2.05, 4.69) is 122 Å². The van der Waals surface area contributed by atoms with Gasteiger partial charge in [-0.25, -0.2) is 39.1 Å². The van der Waals surface area contributed by atoms with E-state index in [1.54, 1.807) is 0 Å². The molecule has 0 bridgehead atoms. The molecule has 4 atom stereocenters. The minimum Gasteiger partial charge on any atom is -0.403 e. The number of piperazine rings is 4. The van der Waals surface area contributed by atoms with E-state index in [4.69, 9.17) is 17.7 Å². The number of hydrogen-bond acceptors (Lipinski definition) is 26. The molecule has 28 nitrogen and oxygen atoms in total. The van der Waals surface area contributed by atoms with Crippen LogP contribution in [0.5, 0.6) is 0 Å². The third-order valence-corrected chi connectivity index (χ3v) is 21.8. The van der Waals surface area contributed by atoms with Crippen molar-refractivity contribution in [2.75, 3.05) is 112 Å². The predicted octanol–water partition coefficient (Wildman–Crippen LogP) is 10.0. The number of likely N-dealkylation sites (N-methyl/N-ethyl adjacent to an activating group) is 2. The number of anilines is 4. The Morgan fingerprint density at radius 3 is 1.03 bits per heavy atom. The normalized spacial score (nSPS) is 18.1. The molecule has 0 aromatic carbocycles. The summed E-state index contributed by atoms with van der Waals surface area (Å²) in [7, 11) is 4.27. The molecule has 4 aliphatic heterocycles. The molecule has 0 spiro atoms. The van der Waals surface area contributed by atoms with Gasteiger partial charge in [-0.05, 0) is 139 Å². The van der Waals surface area contributed by atoms with E-state index >= 15 is 0 Å². The molecule has 4 aliphatic rings. The van der Waals surface area contributed by atoms with Gasteiger partial charge in [0.05, 0.1) is 45.0 Å². The molecule has 0 aliphatic carbocycles. The first-order chi connectivity index (χ1) is 52.5. The molecule has 4 saturated heterocycles. The van der Waals surface area contributed by atoms with Crippen LogP contribution in [0.4, 0.5) is 23.3 Å². The summed E-state index contributed by atoms with van der Waals surface area (Å²) >= 11 is 3.05. The summed E-state index contributed by atoms with van der Waals surface area (Å²) in [6.45, 7) is 19.7. The Morgan fingerprint density at radius 1 is 0.370 bits per heavy atom. The highest BCUT2D eigenvalue weighted by Crippen LogP contribution is 2.30. The molecule has 2 N–H and O–H groups in total. The number of pyridine rings is 6. The molecule has 20 rings (SSSR count). The lowest BCUT2D eigenvalue weighted by molar-refractivity contribution is 0.233. The molecule has 0 saturated carbocycles. The van der Waals surface area contributed by atoms with Gasteiger partial charge in [0.15, 0.2) is 9.92 Å². The van der Waals surface area contributed by atoms with Crippen LogP contribution >= 0.6 is 22.7 Å².